The van der Waals surface area contributed by atoms with Gasteiger partial charge >= 0.3 is 0 Å². The summed E-state index contributed by atoms with van der Waals surface area (Å²) in [4.78, 5) is 4.24. The minimum atomic E-state index is -4.94. The Morgan fingerprint density at radius 1 is 0.676 bits per heavy atom. The van der Waals surface area contributed by atoms with Crippen molar-refractivity contribution in [3.63, 3.8) is 0 Å². The molecule has 0 aliphatic heterocycles. The second kappa shape index (κ2) is 13.7. The van der Waals surface area contributed by atoms with Gasteiger partial charge in [0, 0.05) is 51.7 Å². The highest BCUT2D eigenvalue weighted by atomic mass is 35.7. The van der Waals surface area contributed by atoms with Crippen LogP contribution in [-0.2, 0) is 0 Å². The summed E-state index contributed by atoms with van der Waals surface area (Å²) in [6.07, 6.45) is 17.1. The van der Waals surface area contributed by atoms with Gasteiger partial charge in [-0.2, -0.15) is 0 Å². The number of allylic oxidation sites excluding steroid dienone is 9. The van der Waals surface area contributed by atoms with Crippen molar-refractivity contribution in [2.75, 3.05) is 52.1 Å². The Kier molecular flexibility index (Phi) is 11.1. The quantitative estimate of drug-likeness (QED) is 0.410. The van der Waals surface area contributed by atoms with Gasteiger partial charge in [-0.25, -0.2) is 23.2 Å². The summed E-state index contributed by atoms with van der Waals surface area (Å²) in [6.45, 7) is 0. The highest BCUT2D eigenvalue weighted by Crippen LogP contribution is 2.27. The maximum Gasteiger partial charge on any atom is 0.199 e. The summed E-state index contributed by atoms with van der Waals surface area (Å²) < 4.78 is 36.1. The Balaban J connectivity index is 0.000000877. The van der Waals surface area contributed by atoms with Crippen LogP contribution in [0.25, 0.3) is 5.57 Å². The van der Waals surface area contributed by atoms with Gasteiger partial charge in [0.1, 0.15) is 14.1 Å². The van der Waals surface area contributed by atoms with E-state index in [1.165, 1.54) is 39.4 Å². The Hall–Kier alpha value is -3.46. The van der Waals surface area contributed by atoms with Gasteiger partial charge in [0.2, 0.25) is 0 Å². The lowest BCUT2D eigenvalue weighted by molar-refractivity contribution is -2.00. The fourth-order valence-corrected chi connectivity index (χ4v) is 3.44. The number of halogens is 1. The van der Waals surface area contributed by atoms with Gasteiger partial charge in [0.15, 0.2) is 5.71 Å². The van der Waals surface area contributed by atoms with Crippen LogP contribution in [0.1, 0.15) is 11.1 Å². The predicted octanol–water partition coefficient (Wildman–Crippen LogP) is 0.816. The lowest BCUT2D eigenvalue weighted by atomic mass is 9.96. The van der Waals surface area contributed by atoms with E-state index in [2.05, 4.69) is 154 Å². The molecule has 3 rings (SSSR count). The number of nitrogens with zero attached hydrogens (tertiary/aromatic N) is 3. The van der Waals surface area contributed by atoms with Crippen molar-refractivity contribution in [1.82, 2.24) is 0 Å². The maximum absolute atomic E-state index is 8.49. The lowest BCUT2D eigenvalue weighted by Gasteiger charge is -2.17. The summed E-state index contributed by atoms with van der Waals surface area (Å²) in [7, 11) is 7.43. The molecule has 0 aromatic heterocycles. The molecular weight excluding hydrogens is 490 g/mol. The summed E-state index contributed by atoms with van der Waals surface area (Å²) in [5.74, 6) is 0. The van der Waals surface area contributed by atoms with E-state index in [1.54, 1.807) is 0 Å². The fourth-order valence-electron chi connectivity index (χ4n) is 3.44. The van der Waals surface area contributed by atoms with E-state index in [1.807, 2.05) is 0 Å². The lowest BCUT2D eigenvalue weighted by Crippen LogP contribution is -2.68. The van der Waals surface area contributed by atoms with Crippen molar-refractivity contribution in [3.05, 3.63) is 114 Å². The molecule has 0 saturated carbocycles. The van der Waals surface area contributed by atoms with Crippen molar-refractivity contribution in [2.45, 2.75) is 0 Å². The molecule has 2 aromatic rings. The van der Waals surface area contributed by atoms with Crippen molar-refractivity contribution >= 4 is 22.7 Å². The molecule has 8 heteroatoms. The molecule has 0 amide bonds. The Bertz CT molecular complexity index is 1130. The molecule has 0 spiro atoms. The summed E-state index contributed by atoms with van der Waals surface area (Å²) in [6, 6.07) is 17.4. The highest BCUT2D eigenvalue weighted by molar-refractivity contribution is 6.02. The molecule has 37 heavy (non-hydrogen) atoms. The summed E-state index contributed by atoms with van der Waals surface area (Å²) >= 11 is 0. The van der Waals surface area contributed by atoms with E-state index < -0.39 is 10.2 Å². The van der Waals surface area contributed by atoms with Crippen molar-refractivity contribution < 1.29 is 33.5 Å². The first-order valence-electron chi connectivity index (χ1n) is 11.5. The van der Waals surface area contributed by atoms with Crippen LogP contribution in [-0.4, -0.2) is 52.6 Å². The molecule has 0 bridgehead atoms. The monoisotopic (exact) mass is 523 g/mol. The first-order chi connectivity index (χ1) is 17.3. The zero-order chi connectivity index (χ0) is 27.6. The van der Waals surface area contributed by atoms with E-state index >= 15 is 0 Å². The third-order valence-electron chi connectivity index (χ3n) is 5.46. The van der Waals surface area contributed by atoms with Gasteiger partial charge in [-0.15, -0.1) is 10.2 Å². The molecule has 196 valence electrons. The van der Waals surface area contributed by atoms with Gasteiger partial charge in [0.25, 0.3) is 0 Å². The standard InChI is InChI=1S/C29H34N3.ClHO4/c1-30(2)26-17-11-23(12-18-26)9-7-8-10-29(24-13-19-27(20-14-24)31(3)4)25-15-21-28(22-16-25)32(5)6;2-1(3,4)5/h7-22H,1-6H3;(H,2,3,4,5)/q+1;/p-1. The number of hydrogen-bond acceptors (Lipinski definition) is 6. The molecule has 1 aliphatic carbocycles. The smallest absolute Gasteiger partial charge is 0.199 e. The number of anilines is 2. The molecule has 2 aromatic carbocycles. The Labute approximate surface area is 222 Å². The van der Waals surface area contributed by atoms with Crippen LogP contribution in [0.3, 0.4) is 0 Å². The van der Waals surface area contributed by atoms with Crippen LogP contribution in [0.15, 0.2) is 103 Å². The van der Waals surface area contributed by atoms with Crippen LogP contribution >= 0.6 is 0 Å². The van der Waals surface area contributed by atoms with Crippen molar-refractivity contribution in [1.29, 1.82) is 0 Å². The molecular formula is C29H34ClN3O4. The van der Waals surface area contributed by atoms with Gasteiger partial charge in [-0.05, 0) is 58.7 Å². The van der Waals surface area contributed by atoms with E-state index in [4.69, 9.17) is 18.6 Å². The minimum Gasteiger partial charge on any atom is -0.378 e. The van der Waals surface area contributed by atoms with Gasteiger partial charge in [-0.1, -0.05) is 48.6 Å². The Morgan fingerprint density at radius 2 is 1.08 bits per heavy atom. The molecule has 0 atom stereocenters. The van der Waals surface area contributed by atoms with Crippen LogP contribution in [0.2, 0.25) is 0 Å². The zero-order valence-electron chi connectivity index (χ0n) is 22.1. The van der Waals surface area contributed by atoms with E-state index in [-0.39, 0.29) is 0 Å². The van der Waals surface area contributed by atoms with Gasteiger partial charge in [-0.3, -0.25) is 0 Å². The molecule has 0 N–H and O–H groups in total. The molecule has 7 nitrogen and oxygen atoms in total. The van der Waals surface area contributed by atoms with Gasteiger partial charge < -0.3 is 9.80 Å². The Morgan fingerprint density at radius 3 is 1.43 bits per heavy atom. The molecule has 0 saturated heterocycles. The zero-order valence-corrected chi connectivity index (χ0v) is 22.8. The number of benzene rings is 2. The molecule has 0 radical (unpaired) electrons. The SMILES string of the molecule is CN(C)c1ccc(C(=CC=CC=C2C=CC(=[N+](C)C)C=C2)c2ccc(N(C)C)cc2)cc1.[O-][Cl+3]([O-])([O-])[O-]. The normalized spacial score (nSPS) is 12.7. The molecule has 0 heterocycles. The summed E-state index contributed by atoms with van der Waals surface area (Å²) in [5, 5.41) is 0. The second-order valence-electron chi connectivity index (χ2n) is 8.88. The summed E-state index contributed by atoms with van der Waals surface area (Å²) in [5.41, 5.74) is 8.39. The minimum absolute atomic E-state index is 1.19. The van der Waals surface area contributed by atoms with Crippen molar-refractivity contribution in [3.8, 4) is 0 Å². The second-order valence-corrected chi connectivity index (χ2v) is 9.63. The molecule has 1 aliphatic rings. The average Bonchev–Trinajstić information content (AvgIpc) is 2.83. The third-order valence-corrected chi connectivity index (χ3v) is 5.46. The van der Waals surface area contributed by atoms with E-state index in [9.17, 15) is 0 Å². The molecule has 0 fully saturated rings. The topological polar surface area (TPSA) is 102 Å². The van der Waals surface area contributed by atoms with Crippen LogP contribution in [0.4, 0.5) is 11.4 Å². The van der Waals surface area contributed by atoms with Crippen LogP contribution in [0, 0.1) is 10.2 Å². The van der Waals surface area contributed by atoms with Gasteiger partial charge in [0.05, 0.1) is 0 Å². The molecule has 0 unspecified atom stereocenters. The highest BCUT2D eigenvalue weighted by Gasteiger charge is 2.07. The van der Waals surface area contributed by atoms with Crippen molar-refractivity contribution in [2.24, 2.45) is 0 Å². The van der Waals surface area contributed by atoms with Crippen LogP contribution < -0.4 is 28.4 Å². The average molecular weight is 524 g/mol. The van der Waals surface area contributed by atoms with E-state index in [0.717, 1.165) is 0 Å². The largest absolute Gasteiger partial charge is 0.378 e. The van der Waals surface area contributed by atoms with Crippen LogP contribution in [0.5, 0.6) is 0 Å². The third kappa shape index (κ3) is 10.6. The first kappa shape index (κ1) is 29.8. The number of hydrogen-bond donors (Lipinski definition) is 0. The van der Waals surface area contributed by atoms with E-state index in [0.29, 0.717) is 0 Å². The first-order valence-corrected chi connectivity index (χ1v) is 12.7. The number of rotatable bonds is 6. The fraction of sp³-hybridized carbons (Fsp3) is 0.207. The predicted molar refractivity (Wildman–Crippen MR) is 141 cm³/mol. The maximum atomic E-state index is 8.49.